The van der Waals surface area contributed by atoms with Gasteiger partial charge in [-0.1, -0.05) is 12.8 Å². The summed E-state index contributed by atoms with van der Waals surface area (Å²) in [5, 5.41) is 10.3. The minimum absolute atomic E-state index is 0.0399. The van der Waals surface area contributed by atoms with E-state index in [0.717, 1.165) is 30.6 Å². The highest BCUT2D eigenvalue weighted by molar-refractivity contribution is 5.94. The fraction of sp³-hybridized carbons (Fsp3) is 0.588. The van der Waals surface area contributed by atoms with E-state index in [1.807, 2.05) is 23.2 Å². The van der Waals surface area contributed by atoms with E-state index in [-0.39, 0.29) is 23.4 Å². The number of H-pyrrole nitrogens is 1. The second-order valence-corrected chi connectivity index (χ2v) is 6.82. The van der Waals surface area contributed by atoms with Gasteiger partial charge in [0.05, 0.1) is 17.8 Å². The maximum Gasteiger partial charge on any atom is 0.270 e. The minimum atomic E-state index is -0.222. The Morgan fingerprint density at radius 3 is 2.71 bits per heavy atom. The Morgan fingerprint density at radius 1 is 1.29 bits per heavy atom. The standard InChI is InChI=1S/C17H23N5O2/c1-3-21-10(2)13(9-18-21)12-8-14(23)19-16-15(12)17(24)20-22(16)11-6-4-5-7-11/h9,11-12H,3-8H2,1-2H3,(H,19,23)(H,20,24)/t12-/m0/s1. The Balaban J connectivity index is 1.83. The zero-order valence-electron chi connectivity index (χ0n) is 14.1. The lowest BCUT2D eigenvalue weighted by atomic mass is 9.87. The van der Waals surface area contributed by atoms with Gasteiger partial charge in [-0.2, -0.15) is 5.10 Å². The van der Waals surface area contributed by atoms with Crippen molar-refractivity contribution in [1.29, 1.82) is 0 Å². The lowest BCUT2D eigenvalue weighted by molar-refractivity contribution is -0.116. The predicted molar refractivity (Wildman–Crippen MR) is 90.3 cm³/mol. The Morgan fingerprint density at radius 2 is 2.04 bits per heavy atom. The molecule has 1 amide bonds. The monoisotopic (exact) mass is 329 g/mol. The average Bonchev–Trinajstić information content (AvgIpc) is 3.26. The molecule has 24 heavy (non-hydrogen) atoms. The molecule has 4 rings (SSSR count). The number of aryl methyl sites for hydroxylation is 1. The molecule has 2 aliphatic rings. The third kappa shape index (κ3) is 2.22. The number of aromatic amines is 1. The van der Waals surface area contributed by atoms with Crippen LogP contribution in [0.3, 0.4) is 0 Å². The van der Waals surface area contributed by atoms with E-state index < -0.39 is 0 Å². The average molecular weight is 329 g/mol. The normalized spacial score (nSPS) is 21.1. The number of anilines is 1. The number of carbonyl (C=O) groups excluding carboxylic acids is 1. The van der Waals surface area contributed by atoms with Gasteiger partial charge in [0, 0.05) is 30.1 Å². The molecule has 0 aromatic carbocycles. The first kappa shape index (κ1) is 15.2. The molecular weight excluding hydrogens is 306 g/mol. The quantitative estimate of drug-likeness (QED) is 0.906. The fourth-order valence-electron chi connectivity index (χ4n) is 4.21. The van der Waals surface area contributed by atoms with Crippen molar-refractivity contribution < 1.29 is 4.79 Å². The van der Waals surface area contributed by atoms with E-state index in [4.69, 9.17) is 0 Å². The number of nitrogens with one attached hydrogen (secondary N) is 2. The maximum atomic E-state index is 12.7. The topological polar surface area (TPSA) is 84.7 Å². The van der Waals surface area contributed by atoms with Gasteiger partial charge in [-0.15, -0.1) is 0 Å². The summed E-state index contributed by atoms with van der Waals surface area (Å²) in [5.74, 6) is 0.402. The zero-order valence-corrected chi connectivity index (χ0v) is 14.1. The summed E-state index contributed by atoms with van der Waals surface area (Å²) >= 11 is 0. The summed E-state index contributed by atoms with van der Waals surface area (Å²) in [4.78, 5) is 25.0. The molecule has 0 bridgehead atoms. The van der Waals surface area contributed by atoms with Crippen molar-refractivity contribution in [1.82, 2.24) is 19.6 Å². The summed E-state index contributed by atoms with van der Waals surface area (Å²) < 4.78 is 3.80. The Labute approximate surface area is 140 Å². The van der Waals surface area contributed by atoms with Crippen LogP contribution in [0.1, 0.15) is 67.8 Å². The Bertz CT molecular complexity index is 838. The number of carbonyl (C=O) groups is 1. The molecule has 0 radical (unpaired) electrons. The molecule has 0 spiro atoms. The lowest BCUT2D eigenvalue weighted by Crippen LogP contribution is -2.27. The van der Waals surface area contributed by atoms with Gasteiger partial charge < -0.3 is 5.32 Å². The summed E-state index contributed by atoms with van der Waals surface area (Å²) in [6.45, 7) is 4.81. The van der Waals surface area contributed by atoms with Gasteiger partial charge in [0.25, 0.3) is 5.56 Å². The number of rotatable bonds is 3. The fourth-order valence-corrected chi connectivity index (χ4v) is 4.21. The second-order valence-electron chi connectivity index (χ2n) is 6.82. The van der Waals surface area contributed by atoms with Gasteiger partial charge in [0.1, 0.15) is 5.82 Å². The van der Waals surface area contributed by atoms with Gasteiger partial charge in [-0.25, -0.2) is 0 Å². The Kier molecular flexibility index (Phi) is 3.58. The van der Waals surface area contributed by atoms with Crippen molar-refractivity contribution in [2.45, 2.75) is 64.5 Å². The van der Waals surface area contributed by atoms with E-state index >= 15 is 0 Å². The number of aromatic nitrogens is 4. The number of amides is 1. The highest BCUT2D eigenvalue weighted by atomic mass is 16.2. The smallest absolute Gasteiger partial charge is 0.270 e. The first-order valence-electron chi connectivity index (χ1n) is 8.76. The highest BCUT2D eigenvalue weighted by Crippen LogP contribution is 2.39. The summed E-state index contributed by atoms with van der Waals surface area (Å²) in [5.41, 5.74) is 2.59. The molecule has 3 heterocycles. The van der Waals surface area contributed by atoms with Crippen LogP contribution >= 0.6 is 0 Å². The molecule has 128 valence electrons. The third-order valence-electron chi connectivity index (χ3n) is 5.46. The van der Waals surface area contributed by atoms with Gasteiger partial charge >= 0.3 is 0 Å². The number of hydrogen-bond acceptors (Lipinski definition) is 3. The molecule has 7 heteroatoms. The molecule has 2 aromatic rings. The highest BCUT2D eigenvalue weighted by Gasteiger charge is 2.36. The van der Waals surface area contributed by atoms with Crippen LogP contribution in [0.15, 0.2) is 11.0 Å². The van der Waals surface area contributed by atoms with Gasteiger partial charge in [-0.3, -0.25) is 24.1 Å². The largest absolute Gasteiger partial charge is 0.311 e. The van der Waals surface area contributed by atoms with E-state index in [1.165, 1.54) is 12.8 Å². The molecule has 1 aliphatic heterocycles. The van der Waals surface area contributed by atoms with Crippen molar-refractivity contribution in [3.05, 3.63) is 33.4 Å². The third-order valence-corrected chi connectivity index (χ3v) is 5.46. The molecule has 1 saturated carbocycles. The van der Waals surface area contributed by atoms with Crippen molar-refractivity contribution in [2.75, 3.05) is 5.32 Å². The summed E-state index contributed by atoms with van der Waals surface area (Å²) in [6.07, 6.45) is 6.52. The van der Waals surface area contributed by atoms with Gasteiger partial charge in [0.15, 0.2) is 0 Å². The molecule has 1 atom stereocenters. The number of nitrogens with zero attached hydrogens (tertiary/aromatic N) is 3. The molecule has 1 aliphatic carbocycles. The Hall–Kier alpha value is -2.31. The van der Waals surface area contributed by atoms with E-state index in [0.29, 0.717) is 17.8 Å². The van der Waals surface area contributed by atoms with Crippen LogP contribution in [-0.4, -0.2) is 25.5 Å². The molecule has 2 N–H and O–H groups in total. The van der Waals surface area contributed by atoms with Crippen LogP contribution in [0.5, 0.6) is 0 Å². The second kappa shape index (κ2) is 5.65. The van der Waals surface area contributed by atoms with Crippen LogP contribution in [0.4, 0.5) is 5.82 Å². The first-order valence-corrected chi connectivity index (χ1v) is 8.76. The van der Waals surface area contributed by atoms with Crippen LogP contribution in [0, 0.1) is 6.92 Å². The molecular formula is C17H23N5O2. The van der Waals surface area contributed by atoms with Crippen molar-refractivity contribution in [2.24, 2.45) is 0 Å². The van der Waals surface area contributed by atoms with Crippen LogP contribution in [0.25, 0.3) is 0 Å². The van der Waals surface area contributed by atoms with Crippen LogP contribution in [0.2, 0.25) is 0 Å². The zero-order chi connectivity index (χ0) is 16.8. The predicted octanol–water partition coefficient (Wildman–Crippen LogP) is 2.29. The van der Waals surface area contributed by atoms with Gasteiger partial charge in [0.2, 0.25) is 5.91 Å². The van der Waals surface area contributed by atoms with Gasteiger partial charge in [-0.05, 0) is 26.7 Å². The van der Waals surface area contributed by atoms with Crippen LogP contribution < -0.4 is 10.9 Å². The van der Waals surface area contributed by atoms with Crippen LogP contribution in [-0.2, 0) is 11.3 Å². The van der Waals surface area contributed by atoms with E-state index in [9.17, 15) is 9.59 Å². The summed E-state index contributed by atoms with van der Waals surface area (Å²) in [6, 6.07) is 0.278. The van der Waals surface area contributed by atoms with Crippen molar-refractivity contribution in [3.63, 3.8) is 0 Å². The molecule has 0 saturated heterocycles. The number of hydrogen-bond donors (Lipinski definition) is 2. The van der Waals surface area contributed by atoms with Crippen molar-refractivity contribution in [3.8, 4) is 0 Å². The summed E-state index contributed by atoms with van der Waals surface area (Å²) in [7, 11) is 0. The van der Waals surface area contributed by atoms with Crippen molar-refractivity contribution >= 4 is 11.7 Å². The molecule has 7 nitrogen and oxygen atoms in total. The van der Waals surface area contributed by atoms with E-state index in [2.05, 4.69) is 15.5 Å². The number of fused-ring (bicyclic) bond motifs is 1. The van der Waals surface area contributed by atoms with E-state index in [1.54, 1.807) is 6.20 Å². The first-order chi connectivity index (χ1) is 11.6. The molecule has 2 aromatic heterocycles. The lowest BCUT2D eigenvalue weighted by Gasteiger charge is -2.24. The SMILES string of the molecule is CCn1ncc([C@@H]2CC(=O)Nc3c2c(=O)[nH]n3C2CCCC2)c1C. The maximum absolute atomic E-state index is 12.7. The minimum Gasteiger partial charge on any atom is -0.311 e. The molecule has 1 fully saturated rings. The molecule has 0 unspecified atom stereocenters.